The molecule has 6 nitrogen and oxygen atoms in total. The Kier molecular flexibility index (Phi) is 9.35. The zero-order valence-electron chi connectivity index (χ0n) is 16.9. The molecule has 0 saturated carbocycles. The van der Waals surface area contributed by atoms with Crippen LogP contribution in [0, 0.1) is 0 Å². The Morgan fingerprint density at radius 1 is 1.07 bits per heavy atom. The summed E-state index contributed by atoms with van der Waals surface area (Å²) in [5.74, 6) is -1.84. The second-order valence-electron chi connectivity index (χ2n) is 6.99. The quantitative estimate of drug-likeness (QED) is 0.519. The number of hydrogen-bond acceptors (Lipinski definition) is 4. The summed E-state index contributed by atoms with van der Waals surface area (Å²) in [5.41, 5.74) is 2.94. The Balaban J connectivity index is 2.06. The van der Waals surface area contributed by atoms with Gasteiger partial charge in [-0.1, -0.05) is 54.9 Å². The minimum absolute atomic E-state index is 0.0227. The Labute approximate surface area is 181 Å². The number of hydrogen-bond donors (Lipinski definition) is 2. The molecule has 0 bridgehead atoms. The molecule has 0 aromatic heterocycles. The van der Waals surface area contributed by atoms with Gasteiger partial charge < -0.3 is 15.2 Å². The van der Waals surface area contributed by atoms with E-state index in [-0.39, 0.29) is 19.3 Å². The molecule has 30 heavy (non-hydrogen) atoms. The topological polar surface area (TPSA) is 92.7 Å². The lowest BCUT2D eigenvalue weighted by Gasteiger charge is -2.18. The summed E-state index contributed by atoms with van der Waals surface area (Å²) in [6.45, 7) is 2.23. The van der Waals surface area contributed by atoms with E-state index in [4.69, 9.17) is 21.4 Å². The number of carboxylic acid groups (broad SMARTS) is 1. The molecule has 1 amide bonds. The van der Waals surface area contributed by atoms with Gasteiger partial charge in [-0.05, 0) is 41.7 Å². The van der Waals surface area contributed by atoms with Gasteiger partial charge in [-0.2, -0.15) is 0 Å². The van der Waals surface area contributed by atoms with Crippen LogP contribution < -0.4 is 5.32 Å². The van der Waals surface area contributed by atoms with Gasteiger partial charge in [-0.15, -0.1) is 0 Å². The van der Waals surface area contributed by atoms with Crippen molar-refractivity contribution in [1.82, 2.24) is 5.32 Å². The van der Waals surface area contributed by atoms with E-state index in [1.807, 2.05) is 55.5 Å². The number of esters is 1. The van der Waals surface area contributed by atoms with Crippen LogP contribution in [0.5, 0.6) is 0 Å². The van der Waals surface area contributed by atoms with E-state index in [2.05, 4.69) is 5.32 Å². The number of ether oxygens (including phenoxy) is 1. The third kappa shape index (κ3) is 8.25. The molecule has 2 rings (SSSR count). The summed E-state index contributed by atoms with van der Waals surface area (Å²) in [4.78, 5) is 34.8. The smallest absolute Gasteiger partial charge is 0.307 e. The van der Waals surface area contributed by atoms with Gasteiger partial charge in [0.15, 0.2) is 0 Å². The zero-order valence-corrected chi connectivity index (χ0v) is 17.7. The van der Waals surface area contributed by atoms with Gasteiger partial charge >= 0.3 is 11.9 Å². The van der Waals surface area contributed by atoms with Crippen molar-refractivity contribution in [2.75, 3.05) is 6.61 Å². The van der Waals surface area contributed by atoms with Gasteiger partial charge in [0.2, 0.25) is 5.91 Å². The second-order valence-corrected chi connectivity index (χ2v) is 7.43. The van der Waals surface area contributed by atoms with E-state index in [1.54, 1.807) is 0 Å². The summed E-state index contributed by atoms with van der Waals surface area (Å²) in [5, 5.41) is 12.2. The number of nitrogens with one attached hydrogen (secondary N) is 1. The summed E-state index contributed by atoms with van der Waals surface area (Å²) < 4.78 is 5.13. The highest BCUT2D eigenvalue weighted by Gasteiger charge is 2.18. The lowest BCUT2D eigenvalue weighted by Crippen LogP contribution is -2.38. The van der Waals surface area contributed by atoms with Crippen molar-refractivity contribution >= 4 is 29.4 Å². The predicted molar refractivity (Wildman–Crippen MR) is 115 cm³/mol. The van der Waals surface area contributed by atoms with Crippen LogP contribution in [-0.4, -0.2) is 35.6 Å². The van der Waals surface area contributed by atoms with Gasteiger partial charge in [0.25, 0.3) is 0 Å². The van der Waals surface area contributed by atoms with E-state index in [0.29, 0.717) is 24.5 Å². The summed E-state index contributed by atoms with van der Waals surface area (Å²) >= 11 is 6.05. The first kappa shape index (κ1) is 23.4. The largest absolute Gasteiger partial charge is 0.481 e. The molecular formula is C23H26ClNO5. The van der Waals surface area contributed by atoms with Crippen LogP contribution in [0.1, 0.15) is 38.2 Å². The lowest BCUT2D eigenvalue weighted by atomic mass is 9.99. The third-order valence-corrected chi connectivity index (χ3v) is 4.64. The average Bonchev–Trinajstić information content (AvgIpc) is 2.71. The monoisotopic (exact) mass is 431 g/mol. The first-order valence-electron chi connectivity index (χ1n) is 9.89. The normalized spacial score (nSPS) is 11.5. The highest BCUT2D eigenvalue weighted by atomic mass is 35.5. The standard InChI is InChI=1S/C23H26ClNO5/c1-2-12-30-23(29)15-20(25-21(26)10-11-22(27)28)13-16-6-8-17(9-7-16)18-4-3-5-19(24)14-18/h3-9,14,20H,2,10-13,15H2,1H3,(H,25,26)(H,27,28). The zero-order chi connectivity index (χ0) is 21.9. The number of amides is 1. The molecule has 0 aliphatic carbocycles. The number of benzene rings is 2. The van der Waals surface area contributed by atoms with E-state index >= 15 is 0 Å². The minimum atomic E-state index is -1.04. The maximum absolute atomic E-state index is 12.1. The second kappa shape index (κ2) is 12.0. The first-order valence-corrected chi connectivity index (χ1v) is 10.3. The van der Waals surface area contributed by atoms with Gasteiger partial charge in [0.05, 0.1) is 19.4 Å². The Hall–Kier alpha value is -2.86. The predicted octanol–water partition coefficient (Wildman–Crippen LogP) is 4.24. The number of rotatable bonds is 11. The Morgan fingerprint density at radius 2 is 1.80 bits per heavy atom. The summed E-state index contributed by atoms with van der Waals surface area (Å²) in [6, 6.07) is 14.9. The van der Waals surface area contributed by atoms with Crippen molar-refractivity contribution in [1.29, 1.82) is 0 Å². The lowest BCUT2D eigenvalue weighted by molar-refractivity contribution is -0.144. The van der Waals surface area contributed by atoms with Crippen molar-refractivity contribution in [2.24, 2.45) is 0 Å². The van der Waals surface area contributed by atoms with Crippen LogP contribution in [0.2, 0.25) is 5.02 Å². The van der Waals surface area contributed by atoms with Gasteiger partial charge in [-0.25, -0.2) is 0 Å². The van der Waals surface area contributed by atoms with Gasteiger partial charge in [-0.3, -0.25) is 14.4 Å². The van der Waals surface area contributed by atoms with Crippen LogP contribution >= 0.6 is 11.6 Å². The van der Waals surface area contributed by atoms with Crippen molar-refractivity contribution < 1.29 is 24.2 Å². The molecule has 0 saturated heterocycles. The van der Waals surface area contributed by atoms with Crippen molar-refractivity contribution in [3.8, 4) is 11.1 Å². The van der Waals surface area contributed by atoms with E-state index < -0.39 is 23.9 Å². The molecule has 1 unspecified atom stereocenters. The number of carboxylic acids is 1. The molecule has 0 heterocycles. The molecule has 160 valence electrons. The maximum Gasteiger partial charge on any atom is 0.307 e. The average molecular weight is 432 g/mol. The van der Waals surface area contributed by atoms with Gasteiger partial charge in [0.1, 0.15) is 0 Å². The summed E-state index contributed by atoms with van der Waals surface area (Å²) in [7, 11) is 0. The number of aliphatic carboxylic acids is 1. The fourth-order valence-electron chi connectivity index (χ4n) is 2.96. The van der Waals surface area contributed by atoms with Crippen molar-refractivity contribution in [2.45, 2.75) is 45.1 Å². The number of carbonyl (C=O) groups excluding carboxylic acids is 2. The number of carbonyl (C=O) groups is 3. The van der Waals surface area contributed by atoms with Gasteiger partial charge in [0, 0.05) is 17.5 Å². The fraction of sp³-hybridized carbons (Fsp3) is 0.348. The fourth-order valence-corrected chi connectivity index (χ4v) is 3.15. The van der Waals surface area contributed by atoms with E-state index in [0.717, 1.165) is 16.7 Å². The van der Waals surface area contributed by atoms with Crippen LogP contribution in [0.15, 0.2) is 48.5 Å². The van der Waals surface area contributed by atoms with Crippen molar-refractivity contribution in [3.05, 3.63) is 59.1 Å². The van der Waals surface area contributed by atoms with E-state index in [9.17, 15) is 14.4 Å². The highest BCUT2D eigenvalue weighted by molar-refractivity contribution is 6.30. The minimum Gasteiger partial charge on any atom is -0.481 e. The molecule has 0 aliphatic heterocycles. The van der Waals surface area contributed by atoms with Crippen LogP contribution in [0.3, 0.4) is 0 Å². The number of halogens is 1. The molecule has 0 aliphatic rings. The molecule has 2 aromatic rings. The maximum atomic E-state index is 12.1. The molecule has 1 atom stereocenters. The van der Waals surface area contributed by atoms with Crippen LogP contribution in [-0.2, 0) is 25.5 Å². The third-order valence-electron chi connectivity index (χ3n) is 4.41. The Bertz CT molecular complexity index is 866. The molecule has 2 N–H and O–H groups in total. The summed E-state index contributed by atoms with van der Waals surface area (Å²) in [6.07, 6.45) is 0.772. The molecule has 2 aromatic carbocycles. The van der Waals surface area contributed by atoms with Crippen LogP contribution in [0.25, 0.3) is 11.1 Å². The Morgan fingerprint density at radius 3 is 2.43 bits per heavy atom. The molecule has 0 spiro atoms. The highest BCUT2D eigenvalue weighted by Crippen LogP contribution is 2.23. The first-order chi connectivity index (χ1) is 14.4. The SMILES string of the molecule is CCCOC(=O)CC(Cc1ccc(-c2cccc(Cl)c2)cc1)NC(=O)CCC(=O)O. The van der Waals surface area contributed by atoms with E-state index in [1.165, 1.54) is 0 Å². The van der Waals surface area contributed by atoms with Crippen molar-refractivity contribution in [3.63, 3.8) is 0 Å². The molecule has 7 heteroatoms. The molecule has 0 fully saturated rings. The molecule has 0 radical (unpaired) electrons. The van der Waals surface area contributed by atoms with Crippen LogP contribution in [0.4, 0.5) is 0 Å². The molecular weight excluding hydrogens is 406 g/mol.